The van der Waals surface area contributed by atoms with Crippen molar-refractivity contribution in [1.29, 1.82) is 5.41 Å². The van der Waals surface area contributed by atoms with Crippen molar-refractivity contribution in [1.82, 2.24) is 5.32 Å². The van der Waals surface area contributed by atoms with E-state index in [1.165, 1.54) is 0 Å². The number of methoxy groups -OCH3 is 1. The Balaban J connectivity index is 2.25. The molecule has 6 heteroatoms. The second-order valence-corrected chi connectivity index (χ2v) is 8.33. The maximum absolute atomic E-state index is 12.1. The lowest BCUT2D eigenvalue weighted by Gasteiger charge is -2.37. The monoisotopic (exact) mass is 413 g/mol. The standard InChI is InChI=1S/C24H35N3O3/c1-18(2)16-24(13-11-22(28)27-23(25)26)12-10-20(19-8-5-4-6-9-19)21(17-24)30-15-7-14-29-3/h4-6,8-10,12,18H,7,11,13-17H2,1-3H3,(H4,25,26,27,28). The molecule has 0 heterocycles. The number of amides is 1. The van der Waals surface area contributed by atoms with Crippen LogP contribution in [0.15, 0.2) is 48.2 Å². The van der Waals surface area contributed by atoms with Gasteiger partial charge in [0.2, 0.25) is 5.91 Å². The molecule has 0 saturated carbocycles. The van der Waals surface area contributed by atoms with Crippen LogP contribution in [-0.4, -0.2) is 32.2 Å². The number of nitrogens with two attached hydrogens (primary N) is 1. The number of carbonyl (C=O) groups is 1. The van der Waals surface area contributed by atoms with E-state index in [1.54, 1.807) is 7.11 Å². The highest BCUT2D eigenvalue weighted by Crippen LogP contribution is 2.45. The van der Waals surface area contributed by atoms with Crippen LogP contribution >= 0.6 is 0 Å². The number of nitrogens with one attached hydrogen (secondary N) is 2. The summed E-state index contributed by atoms with van der Waals surface area (Å²) in [5.41, 5.74) is 7.36. The molecule has 1 aliphatic rings. The van der Waals surface area contributed by atoms with Gasteiger partial charge >= 0.3 is 0 Å². The summed E-state index contributed by atoms with van der Waals surface area (Å²) in [6, 6.07) is 10.2. The minimum Gasteiger partial charge on any atom is -0.497 e. The number of guanidine groups is 1. The van der Waals surface area contributed by atoms with Crippen LogP contribution in [0.3, 0.4) is 0 Å². The molecule has 0 saturated heterocycles. The molecule has 1 atom stereocenters. The van der Waals surface area contributed by atoms with E-state index in [9.17, 15) is 4.79 Å². The number of allylic oxidation sites excluding steroid dienone is 4. The molecule has 0 aliphatic heterocycles. The Hall–Kier alpha value is -2.60. The lowest BCUT2D eigenvalue weighted by Crippen LogP contribution is -2.36. The summed E-state index contributed by atoms with van der Waals surface area (Å²) >= 11 is 0. The Kier molecular flexibility index (Phi) is 9.12. The zero-order valence-corrected chi connectivity index (χ0v) is 18.4. The first-order valence-electron chi connectivity index (χ1n) is 10.6. The summed E-state index contributed by atoms with van der Waals surface area (Å²) in [7, 11) is 1.69. The second-order valence-electron chi connectivity index (χ2n) is 8.33. The molecular formula is C24H35N3O3. The van der Waals surface area contributed by atoms with Gasteiger partial charge in [-0.05, 0) is 29.7 Å². The van der Waals surface area contributed by atoms with Crippen LogP contribution < -0.4 is 11.1 Å². The first-order valence-corrected chi connectivity index (χ1v) is 10.6. The highest BCUT2D eigenvalue weighted by Gasteiger charge is 2.34. The molecule has 30 heavy (non-hydrogen) atoms. The summed E-state index contributed by atoms with van der Waals surface area (Å²) in [6.45, 7) is 5.64. The average Bonchev–Trinajstić information content (AvgIpc) is 2.70. The summed E-state index contributed by atoms with van der Waals surface area (Å²) in [5, 5.41) is 9.66. The zero-order chi connectivity index (χ0) is 22.0. The molecular weight excluding hydrogens is 378 g/mol. The van der Waals surface area contributed by atoms with E-state index < -0.39 is 0 Å². The van der Waals surface area contributed by atoms with E-state index in [2.05, 4.69) is 43.4 Å². The summed E-state index contributed by atoms with van der Waals surface area (Å²) in [6.07, 6.45) is 7.90. The first-order chi connectivity index (χ1) is 14.3. The average molecular weight is 414 g/mol. The zero-order valence-electron chi connectivity index (χ0n) is 18.4. The quantitative estimate of drug-likeness (QED) is 0.287. The molecule has 0 aromatic heterocycles. The van der Waals surface area contributed by atoms with E-state index in [-0.39, 0.29) is 17.3 Å². The molecule has 1 amide bonds. The molecule has 1 aromatic carbocycles. The van der Waals surface area contributed by atoms with E-state index in [1.807, 2.05) is 18.2 Å². The number of rotatable bonds is 11. The summed E-state index contributed by atoms with van der Waals surface area (Å²) in [4.78, 5) is 12.1. The smallest absolute Gasteiger partial charge is 0.226 e. The van der Waals surface area contributed by atoms with Crippen LogP contribution in [-0.2, 0) is 14.3 Å². The first kappa shape index (κ1) is 23.7. The largest absolute Gasteiger partial charge is 0.497 e. The van der Waals surface area contributed by atoms with E-state index >= 15 is 0 Å². The van der Waals surface area contributed by atoms with Crippen molar-refractivity contribution < 1.29 is 14.3 Å². The van der Waals surface area contributed by atoms with Gasteiger partial charge in [0.15, 0.2) is 5.96 Å². The number of ether oxygens (including phenoxy) is 2. The molecule has 0 spiro atoms. The molecule has 0 radical (unpaired) electrons. The molecule has 1 aromatic rings. The van der Waals surface area contributed by atoms with Crippen LogP contribution in [0.2, 0.25) is 0 Å². The van der Waals surface area contributed by atoms with Gasteiger partial charge in [0.1, 0.15) is 5.76 Å². The van der Waals surface area contributed by atoms with Gasteiger partial charge in [-0.1, -0.05) is 56.3 Å². The SMILES string of the molecule is COCCCOC1=C(c2ccccc2)C=CC(CCC(=O)NC(=N)N)(CC(C)C)C1. The Labute approximate surface area is 180 Å². The summed E-state index contributed by atoms with van der Waals surface area (Å²) < 4.78 is 11.4. The third-order valence-corrected chi connectivity index (χ3v) is 5.21. The fraction of sp³-hybridized carbons (Fsp3) is 0.500. The van der Waals surface area contributed by atoms with Crippen LogP contribution in [0, 0.1) is 16.7 Å². The molecule has 164 valence electrons. The Morgan fingerprint density at radius 1 is 1.27 bits per heavy atom. The summed E-state index contributed by atoms with van der Waals surface area (Å²) in [5.74, 6) is 0.899. The van der Waals surface area contributed by atoms with Gasteiger partial charge in [0.05, 0.1) is 6.61 Å². The molecule has 0 bridgehead atoms. The van der Waals surface area contributed by atoms with E-state index in [4.69, 9.17) is 20.6 Å². The van der Waals surface area contributed by atoms with Gasteiger partial charge in [-0.15, -0.1) is 0 Å². The number of hydrogen-bond donors (Lipinski definition) is 3. The maximum Gasteiger partial charge on any atom is 0.226 e. The lowest BCUT2D eigenvalue weighted by atomic mass is 9.70. The third kappa shape index (κ3) is 7.34. The topological polar surface area (TPSA) is 97.4 Å². The fourth-order valence-electron chi connectivity index (χ4n) is 4.03. The Morgan fingerprint density at radius 3 is 2.63 bits per heavy atom. The van der Waals surface area contributed by atoms with Crippen LogP contribution in [0.1, 0.15) is 51.5 Å². The highest BCUT2D eigenvalue weighted by molar-refractivity contribution is 5.94. The fourth-order valence-corrected chi connectivity index (χ4v) is 4.03. The number of hydrogen-bond acceptors (Lipinski definition) is 4. The van der Waals surface area contributed by atoms with Crippen LogP contribution in [0.5, 0.6) is 0 Å². The van der Waals surface area contributed by atoms with Gasteiger partial charge in [-0.3, -0.25) is 15.5 Å². The normalized spacial score (nSPS) is 18.5. The third-order valence-electron chi connectivity index (χ3n) is 5.21. The van der Waals surface area contributed by atoms with E-state index in [0.717, 1.165) is 36.2 Å². The predicted molar refractivity (Wildman–Crippen MR) is 121 cm³/mol. The van der Waals surface area contributed by atoms with E-state index in [0.29, 0.717) is 32.0 Å². The minimum atomic E-state index is -0.314. The van der Waals surface area contributed by atoms with Crippen molar-refractivity contribution >= 4 is 17.4 Å². The lowest BCUT2D eigenvalue weighted by molar-refractivity contribution is -0.120. The van der Waals surface area contributed by atoms with Gasteiger partial charge in [-0.2, -0.15) is 0 Å². The molecule has 1 aliphatic carbocycles. The minimum absolute atomic E-state index is 0.169. The molecule has 4 N–H and O–H groups in total. The van der Waals surface area contributed by atoms with Crippen molar-refractivity contribution in [3.8, 4) is 0 Å². The molecule has 2 rings (SSSR count). The van der Waals surface area contributed by atoms with Gasteiger partial charge in [-0.25, -0.2) is 0 Å². The van der Waals surface area contributed by atoms with Gasteiger partial charge in [0, 0.05) is 38.6 Å². The molecule has 6 nitrogen and oxygen atoms in total. The van der Waals surface area contributed by atoms with Crippen molar-refractivity contribution in [3.63, 3.8) is 0 Å². The van der Waals surface area contributed by atoms with Gasteiger partial charge < -0.3 is 15.2 Å². The molecule has 1 unspecified atom stereocenters. The Bertz CT molecular complexity index is 771. The molecule has 0 fully saturated rings. The van der Waals surface area contributed by atoms with Crippen molar-refractivity contribution in [2.24, 2.45) is 17.1 Å². The number of benzene rings is 1. The maximum atomic E-state index is 12.1. The van der Waals surface area contributed by atoms with Crippen molar-refractivity contribution in [3.05, 3.63) is 53.8 Å². The van der Waals surface area contributed by atoms with Crippen molar-refractivity contribution in [2.45, 2.75) is 46.0 Å². The van der Waals surface area contributed by atoms with Crippen molar-refractivity contribution in [2.75, 3.05) is 20.3 Å². The van der Waals surface area contributed by atoms with Crippen LogP contribution in [0.4, 0.5) is 0 Å². The highest BCUT2D eigenvalue weighted by atomic mass is 16.5. The Morgan fingerprint density at radius 2 is 2.00 bits per heavy atom. The second kappa shape index (κ2) is 11.6. The van der Waals surface area contributed by atoms with Gasteiger partial charge in [0.25, 0.3) is 0 Å². The number of carbonyl (C=O) groups excluding carboxylic acids is 1. The predicted octanol–water partition coefficient (Wildman–Crippen LogP) is 4.23. The van der Waals surface area contributed by atoms with Crippen LogP contribution in [0.25, 0.3) is 5.57 Å².